The highest BCUT2D eigenvalue weighted by molar-refractivity contribution is 6.35. The van der Waals surface area contributed by atoms with E-state index >= 15 is 0 Å². The van der Waals surface area contributed by atoms with E-state index in [0.29, 0.717) is 19.0 Å². The highest BCUT2D eigenvalue weighted by Gasteiger charge is 2.18. The van der Waals surface area contributed by atoms with E-state index in [1.807, 2.05) is 0 Å². The summed E-state index contributed by atoms with van der Waals surface area (Å²) in [5.74, 6) is -0.599. The molecule has 0 spiro atoms. The first-order valence-corrected chi connectivity index (χ1v) is 6.27. The summed E-state index contributed by atoms with van der Waals surface area (Å²) in [5, 5.41) is 5.18. The minimum atomic E-state index is -0.566. The fourth-order valence-electron chi connectivity index (χ4n) is 1.65. The molecule has 0 radical (unpaired) electrons. The monoisotopic (exact) mass is 242 g/mol. The van der Waals surface area contributed by atoms with Crippen LogP contribution in [0.25, 0.3) is 0 Å². The molecule has 0 aromatic rings. The normalized spacial score (nSPS) is 19.4. The Kier molecular flexibility index (Phi) is 5.97. The molecular formula is C12H22N2O3. The van der Waals surface area contributed by atoms with Gasteiger partial charge in [0.1, 0.15) is 0 Å². The Hall–Kier alpha value is -1.10. The number of hydrogen-bond donors (Lipinski definition) is 2. The molecule has 0 aliphatic carbocycles. The third-order valence-corrected chi connectivity index (χ3v) is 2.73. The minimum Gasteiger partial charge on any atom is -0.376 e. The maximum Gasteiger partial charge on any atom is 0.309 e. The van der Waals surface area contributed by atoms with Gasteiger partial charge < -0.3 is 15.4 Å². The lowest BCUT2D eigenvalue weighted by molar-refractivity contribution is -0.139. The Bertz CT molecular complexity index is 260. The standard InChI is InChI=1S/C12H22N2O3/c1-9(2)5-6-13-11(15)12(16)14-8-10-4-3-7-17-10/h9-10H,3-8H2,1-2H3,(H,13,15)(H,14,16). The molecule has 1 rings (SSSR count). The first-order chi connectivity index (χ1) is 8.09. The Morgan fingerprint density at radius 1 is 1.29 bits per heavy atom. The van der Waals surface area contributed by atoms with Crippen molar-refractivity contribution in [1.82, 2.24) is 10.6 Å². The van der Waals surface area contributed by atoms with Crippen molar-refractivity contribution >= 4 is 11.8 Å². The molecule has 98 valence electrons. The summed E-state index contributed by atoms with van der Waals surface area (Å²) in [5.41, 5.74) is 0. The summed E-state index contributed by atoms with van der Waals surface area (Å²) in [4.78, 5) is 22.8. The summed E-state index contributed by atoms with van der Waals surface area (Å²) in [6.07, 6.45) is 2.93. The van der Waals surface area contributed by atoms with Gasteiger partial charge in [-0.05, 0) is 25.2 Å². The van der Waals surface area contributed by atoms with Gasteiger partial charge in [-0.2, -0.15) is 0 Å². The number of nitrogens with one attached hydrogen (secondary N) is 2. The Balaban J connectivity index is 2.11. The maximum absolute atomic E-state index is 11.4. The molecule has 0 saturated carbocycles. The van der Waals surface area contributed by atoms with Gasteiger partial charge in [0, 0.05) is 19.7 Å². The van der Waals surface area contributed by atoms with Crippen LogP contribution in [0.3, 0.4) is 0 Å². The number of ether oxygens (including phenoxy) is 1. The first kappa shape index (κ1) is 14.0. The predicted octanol–water partition coefficient (Wildman–Crippen LogP) is 0.444. The van der Waals surface area contributed by atoms with Crippen LogP contribution in [0, 0.1) is 5.92 Å². The Morgan fingerprint density at radius 3 is 2.59 bits per heavy atom. The molecule has 1 aliphatic rings. The number of amides is 2. The average Bonchev–Trinajstić information content (AvgIpc) is 2.78. The molecular weight excluding hydrogens is 220 g/mol. The van der Waals surface area contributed by atoms with Crippen molar-refractivity contribution in [3.8, 4) is 0 Å². The maximum atomic E-state index is 11.4. The third kappa shape index (κ3) is 5.68. The molecule has 5 heteroatoms. The molecule has 0 aromatic heterocycles. The zero-order valence-electron chi connectivity index (χ0n) is 10.6. The zero-order chi connectivity index (χ0) is 12.7. The van der Waals surface area contributed by atoms with E-state index in [1.165, 1.54) is 0 Å². The first-order valence-electron chi connectivity index (χ1n) is 6.27. The van der Waals surface area contributed by atoms with E-state index < -0.39 is 11.8 Å². The van der Waals surface area contributed by atoms with Crippen molar-refractivity contribution in [2.24, 2.45) is 5.92 Å². The van der Waals surface area contributed by atoms with E-state index in [9.17, 15) is 9.59 Å². The number of carbonyl (C=O) groups is 2. The molecule has 1 saturated heterocycles. The molecule has 1 heterocycles. The number of rotatable bonds is 5. The van der Waals surface area contributed by atoms with Crippen molar-refractivity contribution in [3.63, 3.8) is 0 Å². The summed E-state index contributed by atoms with van der Waals surface area (Å²) in [7, 11) is 0. The second-order valence-corrected chi connectivity index (χ2v) is 4.78. The van der Waals surface area contributed by atoms with Gasteiger partial charge in [0.05, 0.1) is 6.10 Å². The molecule has 2 amide bonds. The largest absolute Gasteiger partial charge is 0.376 e. The van der Waals surface area contributed by atoms with Crippen LogP contribution in [0.4, 0.5) is 0 Å². The molecule has 0 bridgehead atoms. The van der Waals surface area contributed by atoms with Crippen LogP contribution < -0.4 is 10.6 Å². The minimum absolute atomic E-state index is 0.0717. The van der Waals surface area contributed by atoms with Crippen LogP contribution in [0.1, 0.15) is 33.1 Å². The zero-order valence-corrected chi connectivity index (χ0v) is 10.6. The van der Waals surface area contributed by atoms with Gasteiger partial charge in [0.15, 0.2) is 0 Å². The molecule has 17 heavy (non-hydrogen) atoms. The van der Waals surface area contributed by atoms with E-state index in [1.54, 1.807) is 0 Å². The predicted molar refractivity (Wildman–Crippen MR) is 64.4 cm³/mol. The van der Waals surface area contributed by atoms with E-state index in [2.05, 4.69) is 24.5 Å². The van der Waals surface area contributed by atoms with E-state index in [4.69, 9.17) is 4.74 Å². The lowest BCUT2D eigenvalue weighted by Crippen LogP contribution is -2.43. The quantitative estimate of drug-likeness (QED) is 0.688. The second kappa shape index (κ2) is 7.27. The van der Waals surface area contributed by atoms with E-state index in [-0.39, 0.29) is 6.10 Å². The van der Waals surface area contributed by atoms with Crippen LogP contribution >= 0.6 is 0 Å². The summed E-state index contributed by atoms with van der Waals surface area (Å²) >= 11 is 0. The van der Waals surface area contributed by atoms with Gasteiger partial charge in [-0.1, -0.05) is 13.8 Å². The van der Waals surface area contributed by atoms with Crippen molar-refractivity contribution in [2.45, 2.75) is 39.2 Å². The highest BCUT2D eigenvalue weighted by Crippen LogP contribution is 2.10. The van der Waals surface area contributed by atoms with Gasteiger partial charge in [0.25, 0.3) is 0 Å². The van der Waals surface area contributed by atoms with Gasteiger partial charge in [0.2, 0.25) is 0 Å². The van der Waals surface area contributed by atoms with Crippen LogP contribution in [0.15, 0.2) is 0 Å². The summed E-state index contributed by atoms with van der Waals surface area (Å²) in [6.45, 7) is 5.87. The number of hydrogen-bond acceptors (Lipinski definition) is 3. The average molecular weight is 242 g/mol. The third-order valence-electron chi connectivity index (χ3n) is 2.73. The van der Waals surface area contributed by atoms with Crippen LogP contribution in [-0.4, -0.2) is 37.6 Å². The van der Waals surface area contributed by atoms with Crippen LogP contribution in [0.2, 0.25) is 0 Å². The lowest BCUT2D eigenvalue weighted by Gasteiger charge is -2.11. The number of carbonyl (C=O) groups excluding carboxylic acids is 2. The van der Waals surface area contributed by atoms with Crippen molar-refractivity contribution < 1.29 is 14.3 Å². The molecule has 2 N–H and O–H groups in total. The summed E-state index contributed by atoms with van der Waals surface area (Å²) in [6, 6.07) is 0. The molecule has 0 aromatic carbocycles. The van der Waals surface area contributed by atoms with Crippen LogP contribution in [-0.2, 0) is 14.3 Å². The molecule has 1 unspecified atom stereocenters. The molecule has 1 atom stereocenters. The SMILES string of the molecule is CC(C)CCNC(=O)C(=O)NCC1CCCO1. The molecule has 1 aliphatic heterocycles. The fourth-order valence-corrected chi connectivity index (χ4v) is 1.65. The Morgan fingerprint density at radius 2 is 2.00 bits per heavy atom. The van der Waals surface area contributed by atoms with Gasteiger partial charge in [-0.3, -0.25) is 9.59 Å². The van der Waals surface area contributed by atoms with Gasteiger partial charge in [-0.15, -0.1) is 0 Å². The smallest absolute Gasteiger partial charge is 0.309 e. The Labute approximate surface area is 102 Å². The topological polar surface area (TPSA) is 67.4 Å². The van der Waals surface area contributed by atoms with Gasteiger partial charge >= 0.3 is 11.8 Å². The van der Waals surface area contributed by atoms with Crippen LogP contribution in [0.5, 0.6) is 0 Å². The van der Waals surface area contributed by atoms with Crippen molar-refractivity contribution in [2.75, 3.05) is 19.7 Å². The fraction of sp³-hybridized carbons (Fsp3) is 0.833. The van der Waals surface area contributed by atoms with E-state index in [0.717, 1.165) is 25.9 Å². The van der Waals surface area contributed by atoms with Crippen molar-refractivity contribution in [1.29, 1.82) is 0 Å². The van der Waals surface area contributed by atoms with Crippen molar-refractivity contribution in [3.05, 3.63) is 0 Å². The lowest BCUT2D eigenvalue weighted by atomic mass is 10.1. The van der Waals surface area contributed by atoms with Gasteiger partial charge in [-0.25, -0.2) is 0 Å². The molecule has 5 nitrogen and oxygen atoms in total. The molecule has 1 fully saturated rings. The second-order valence-electron chi connectivity index (χ2n) is 4.78. The summed E-state index contributed by atoms with van der Waals surface area (Å²) < 4.78 is 5.35. The highest BCUT2D eigenvalue weighted by atomic mass is 16.5.